The highest BCUT2D eigenvalue weighted by Gasteiger charge is 2.34. The molecule has 0 radical (unpaired) electrons. The summed E-state index contributed by atoms with van der Waals surface area (Å²) < 4.78 is 5.06. The summed E-state index contributed by atoms with van der Waals surface area (Å²) in [6, 6.07) is 0. The highest BCUT2D eigenvalue weighted by Crippen LogP contribution is 2.34. The summed E-state index contributed by atoms with van der Waals surface area (Å²) in [6.45, 7) is 9.04. The monoisotopic (exact) mass is 215 g/mol. The summed E-state index contributed by atoms with van der Waals surface area (Å²) in [4.78, 5) is 2.49. The van der Waals surface area contributed by atoms with Gasteiger partial charge >= 0.3 is 0 Å². The zero-order chi connectivity index (χ0) is 11.3. The molecule has 3 nitrogen and oxygen atoms in total. The van der Waals surface area contributed by atoms with Crippen molar-refractivity contribution in [3.63, 3.8) is 0 Å². The third-order valence-corrected chi connectivity index (χ3v) is 3.57. The molecule has 90 valence electrons. The Labute approximate surface area is 93.4 Å². The van der Waals surface area contributed by atoms with Crippen molar-refractivity contribution in [2.75, 3.05) is 40.0 Å². The van der Waals surface area contributed by atoms with Gasteiger partial charge in [0.05, 0.1) is 0 Å². The summed E-state index contributed by atoms with van der Waals surface area (Å²) in [5.41, 5.74) is 0.250. The van der Waals surface area contributed by atoms with Gasteiger partial charge in [0.1, 0.15) is 0 Å². The first kappa shape index (κ1) is 12.9. The van der Waals surface area contributed by atoms with Gasteiger partial charge in [0.25, 0.3) is 0 Å². The van der Waals surface area contributed by atoms with Crippen LogP contribution in [0.1, 0.15) is 26.7 Å². The van der Waals surface area contributed by atoms with E-state index in [1.807, 2.05) is 0 Å². The van der Waals surface area contributed by atoms with Gasteiger partial charge in [-0.1, -0.05) is 13.8 Å². The van der Waals surface area contributed by atoms with Crippen LogP contribution in [-0.4, -0.2) is 50.0 Å². The Bertz CT molecular complexity index is 180. The molecule has 15 heavy (non-hydrogen) atoms. The van der Waals surface area contributed by atoms with Gasteiger partial charge in [0.15, 0.2) is 0 Å². The molecule has 1 saturated heterocycles. The molecule has 0 aromatic heterocycles. The first-order valence-electron chi connectivity index (χ1n) is 5.92. The predicted molar refractivity (Wildman–Crippen MR) is 61.9 cm³/mol. The van der Waals surface area contributed by atoms with Crippen molar-refractivity contribution in [2.24, 2.45) is 11.3 Å². The number of hydrogen-bond donors (Lipinski definition) is 1. The van der Waals surface area contributed by atoms with Crippen LogP contribution in [0.15, 0.2) is 0 Å². The Kier molecular flexibility index (Phi) is 5.03. The molecule has 1 rings (SSSR count). The quantitative estimate of drug-likeness (QED) is 0.703. The molecule has 0 aromatic rings. The SMILES string of the molecule is COCCCN1CCC(CO)C(C)(C)C1. The van der Waals surface area contributed by atoms with Crippen molar-refractivity contribution in [2.45, 2.75) is 26.7 Å². The zero-order valence-corrected chi connectivity index (χ0v) is 10.3. The van der Waals surface area contributed by atoms with Gasteiger partial charge in [-0.25, -0.2) is 0 Å². The van der Waals surface area contributed by atoms with E-state index in [-0.39, 0.29) is 5.41 Å². The normalized spacial score (nSPS) is 26.8. The smallest absolute Gasteiger partial charge is 0.0474 e. The van der Waals surface area contributed by atoms with E-state index >= 15 is 0 Å². The molecule has 1 fully saturated rings. The molecule has 0 saturated carbocycles. The molecule has 1 heterocycles. The molecule has 0 aromatic carbocycles. The molecular formula is C12H25NO2. The summed E-state index contributed by atoms with van der Waals surface area (Å²) in [5, 5.41) is 9.29. The number of piperidine rings is 1. The first-order chi connectivity index (χ1) is 7.10. The van der Waals surface area contributed by atoms with Crippen molar-refractivity contribution in [1.29, 1.82) is 0 Å². The third-order valence-electron chi connectivity index (χ3n) is 3.57. The standard InChI is InChI=1S/C12H25NO2/c1-12(2)10-13(6-4-8-15-3)7-5-11(12)9-14/h11,14H,4-10H2,1-3H3. The third kappa shape index (κ3) is 3.74. The van der Waals surface area contributed by atoms with Crippen molar-refractivity contribution in [1.82, 2.24) is 4.90 Å². The Morgan fingerprint density at radius 3 is 2.73 bits per heavy atom. The highest BCUT2D eigenvalue weighted by atomic mass is 16.5. The molecule has 3 heteroatoms. The van der Waals surface area contributed by atoms with Gasteiger partial charge < -0.3 is 14.7 Å². The van der Waals surface area contributed by atoms with Crippen molar-refractivity contribution in [3.05, 3.63) is 0 Å². The van der Waals surface area contributed by atoms with Gasteiger partial charge in [0.2, 0.25) is 0 Å². The summed E-state index contributed by atoms with van der Waals surface area (Å²) >= 11 is 0. The minimum atomic E-state index is 0.250. The Balaban J connectivity index is 2.33. The minimum absolute atomic E-state index is 0.250. The van der Waals surface area contributed by atoms with E-state index in [1.165, 1.54) is 0 Å². The van der Waals surface area contributed by atoms with Crippen LogP contribution in [0.5, 0.6) is 0 Å². The summed E-state index contributed by atoms with van der Waals surface area (Å²) in [5.74, 6) is 0.469. The average molecular weight is 215 g/mol. The maximum atomic E-state index is 9.29. The fourth-order valence-electron chi connectivity index (χ4n) is 2.48. The van der Waals surface area contributed by atoms with Gasteiger partial charge in [-0.05, 0) is 30.7 Å². The van der Waals surface area contributed by atoms with Gasteiger partial charge in [-0.3, -0.25) is 0 Å². The van der Waals surface area contributed by atoms with E-state index in [1.54, 1.807) is 7.11 Å². The number of nitrogens with zero attached hydrogens (tertiary/aromatic N) is 1. The largest absolute Gasteiger partial charge is 0.396 e. The van der Waals surface area contributed by atoms with Crippen LogP contribution in [0.3, 0.4) is 0 Å². The number of aliphatic hydroxyl groups is 1. The summed E-state index contributed by atoms with van der Waals surface area (Å²) in [7, 11) is 1.75. The van der Waals surface area contributed by atoms with Crippen LogP contribution in [0.2, 0.25) is 0 Å². The maximum Gasteiger partial charge on any atom is 0.0474 e. The van der Waals surface area contributed by atoms with Crippen LogP contribution in [0.25, 0.3) is 0 Å². The molecule has 1 unspecified atom stereocenters. The van der Waals surface area contributed by atoms with E-state index in [2.05, 4.69) is 18.7 Å². The fourth-order valence-corrected chi connectivity index (χ4v) is 2.48. The lowest BCUT2D eigenvalue weighted by Crippen LogP contribution is -2.47. The van der Waals surface area contributed by atoms with E-state index in [0.29, 0.717) is 12.5 Å². The Morgan fingerprint density at radius 1 is 1.47 bits per heavy atom. The van der Waals surface area contributed by atoms with Crippen LogP contribution in [0.4, 0.5) is 0 Å². The second-order valence-electron chi connectivity index (χ2n) is 5.28. The van der Waals surface area contributed by atoms with Crippen LogP contribution in [0, 0.1) is 11.3 Å². The number of rotatable bonds is 5. The molecule has 1 aliphatic rings. The van der Waals surface area contributed by atoms with Crippen LogP contribution >= 0.6 is 0 Å². The van der Waals surface area contributed by atoms with Gasteiger partial charge in [-0.15, -0.1) is 0 Å². The van der Waals surface area contributed by atoms with Gasteiger partial charge in [0, 0.05) is 33.4 Å². The topological polar surface area (TPSA) is 32.7 Å². The molecule has 1 N–H and O–H groups in total. The van der Waals surface area contributed by atoms with Crippen LogP contribution in [-0.2, 0) is 4.74 Å². The highest BCUT2D eigenvalue weighted by molar-refractivity contribution is 4.86. The molecule has 0 amide bonds. The minimum Gasteiger partial charge on any atom is -0.396 e. The fraction of sp³-hybridized carbons (Fsp3) is 1.00. The van der Waals surface area contributed by atoms with Crippen LogP contribution < -0.4 is 0 Å². The Morgan fingerprint density at radius 2 is 2.20 bits per heavy atom. The lowest BCUT2D eigenvalue weighted by atomic mass is 9.74. The summed E-state index contributed by atoms with van der Waals surface area (Å²) in [6.07, 6.45) is 2.23. The molecule has 1 aliphatic heterocycles. The lowest BCUT2D eigenvalue weighted by Gasteiger charge is -2.43. The second-order valence-corrected chi connectivity index (χ2v) is 5.28. The molecule has 0 spiro atoms. The van der Waals surface area contributed by atoms with Crippen molar-refractivity contribution in [3.8, 4) is 0 Å². The number of ether oxygens (including phenoxy) is 1. The van der Waals surface area contributed by atoms with Crippen molar-refractivity contribution >= 4 is 0 Å². The number of methoxy groups -OCH3 is 1. The van der Waals surface area contributed by atoms with E-state index in [9.17, 15) is 5.11 Å². The first-order valence-corrected chi connectivity index (χ1v) is 5.92. The molecule has 0 aliphatic carbocycles. The van der Waals surface area contributed by atoms with Gasteiger partial charge in [-0.2, -0.15) is 0 Å². The van der Waals surface area contributed by atoms with E-state index < -0.39 is 0 Å². The number of likely N-dealkylation sites (tertiary alicyclic amines) is 1. The van der Waals surface area contributed by atoms with E-state index in [4.69, 9.17) is 4.74 Å². The van der Waals surface area contributed by atoms with Crippen molar-refractivity contribution < 1.29 is 9.84 Å². The van der Waals surface area contributed by atoms with E-state index in [0.717, 1.165) is 39.1 Å². The Hall–Kier alpha value is -0.120. The number of aliphatic hydroxyl groups excluding tert-OH is 1. The molecular weight excluding hydrogens is 190 g/mol. The number of hydrogen-bond acceptors (Lipinski definition) is 3. The maximum absolute atomic E-state index is 9.29. The second kappa shape index (κ2) is 5.83. The molecule has 0 bridgehead atoms. The average Bonchev–Trinajstić information content (AvgIpc) is 2.17. The zero-order valence-electron chi connectivity index (χ0n) is 10.3. The predicted octanol–water partition coefficient (Wildman–Crippen LogP) is 1.36. The molecule has 1 atom stereocenters. The lowest BCUT2D eigenvalue weighted by molar-refractivity contribution is 0.0182.